The highest BCUT2D eigenvalue weighted by atomic mass is 16.1. The van der Waals surface area contributed by atoms with Crippen LogP contribution in [-0.4, -0.2) is 25.0 Å². The van der Waals surface area contributed by atoms with E-state index in [1.807, 2.05) is 54.5 Å². The van der Waals surface area contributed by atoms with Gasteiger partial charge in [0.25, 0.3) is 5.91 Å². The van der Waals surface area contributed by atoms with Crippen molar-refractivity contribution in [1.82, 2.24) is 24.4 Å². The van der Waals surface area contributed by atoms with Crippen molar-refractivity contribution in [2.75, 3.05) is 0 Å². The first-order chi connectivity index (χ1) is 10.1. The Hall–Kier alpha value is -2.63. The largest absolute Gasteiger partial charge is 0.345 e. The summed E-state index contributed by atoms with van der Waals surface area (Å²) in [5, 5.41) is 2.87. The van der Waals surface area contributed by atoms with Gasteiger partial charge in [0.1, 0.15) is 11.6 Å². The molecule has 21 heavy (non-hydrogen) atoms. The van der Waals surface area contributed by atoms with Crippen LogP contribution >= 0.6 is 0 Å². The molecule has 0 bridgehead atoms. The standard InChI is InChI=1S/C15H17N5O/c1-10-18-12-8-11(4-5-13(12)20(10)3)15(21)17-9-14-16-6-7-19(14)2/h4-8H,9H2,1-3H3,(H,17,21). The third-order valence-corrected chi connectivity index (χ3v) is 3.69. The van der Waals surface area contributed by atoms with Crippen molar-refractivity contribution < 1.29 is 4.79 Å². The summed E-state index contributed by atoms with van der Waals surface area (Å²) in [5.74, 6) is 1.62. The SMILES string of the molecule is Cc1nc2cc(C(=O)NCc3nccn3C)ccc2n1C. The molecule has 0 aliphatic rings. The van der Waals surface area contributed by atoms with Gasteiger partial charge in [0.05, 0.1) is 17.6 Å². The van der Waals surface area contributed by atoms with E-state index in [9.17, 15) is 4.79 Å². The topological polar surface area (TPSA) is 64.7 Å². The summed E-state index contributed by atoms with van der Waals surface area (Å²) in [7, 11) is 3.86. The molecule has 3 aromatic rings. The molecule has 0 saturated heterocycles. The number of rotatable bonds is 3. The van der Waals surface area contributed by atoms with E-state index in [-0.39, 0.29) is 5.91 Å². The van der Waals surface area contributed by atoms with Crippen molar-refractivity contribution in [2.45, 2.75) is 13.5 Å². The Morgan fingerprint density at radius 3 is 2.86 bits per heavy atom. The van der Waals surface area contributed by atoms with Gasteiger partial charge in [-0.25, -0.2) is 9.97 Å². The molecule has 1 aromatic carbocycles. The molecule has 0 spiro atoms. The molecule has 1 amide bonds. The van der Waals surface area contributed by atoms with Crippen LogP contribution in [-0.2, 0) is 20.6 Å². The number of hydrogen-bond acceptors (Lipinski definition) is 3. The Balaban J connectivity index is 1.80. The molecule has 0 aliphatic carbocycles. The molecule has 0 atom stereocenters. The van der Waals surface area contributed by atoms with Gasteiger partial charge in [-0.3, -0.25) is 4.79 Å². The molecular formula is C15H17N5O. The molecule has 6 nitrogen and oxygen atoms in total. The van der Waals surface area contributed by atoms with Gasteiger partial charge >= 0.3 is 0 Å². The lowest BCUT2D eigenvalue weighted by Gasteiger charge is -2.05. The maximum absolute atomic E-state index is 12.2. The molecule has 0 saturated carbocycles. The summed E-state index contributed by atoms with van der Waals surface area (Å²) in [6.45, 7) is 2.35. The van der Waals surface area contributed by atoms with Gasteiger partial charge < -0.3 is 14.5 Å². The smallest absolute Gasteiger partial charge is 0.251 e. The van der Waals surface area contributed by atoms with Crippen molar-refractivity contribution in [3.05, 3.63) is 47.8 Å². The van der Waals surface area contributed by atoms with Crippen LogP contribution in [0.2, 0.25) is 0 Å². The van der Waals surface area contributed by atoms with Gasteiger partial charge in [0, 0.05) is 32.1 Å². The van der Waals surface area contributed by atoms with Gasteiger partial charge in [-0.2, -0.15) is 0 Å². The molecule has 2 aromatic heterocycles. The lowest BCUT2D eigenvalue weighted by Crippen LogP contribution is -2.24. The second-order valence-corrected chi connectivity index (χ2v) is 5.06. The summed E-state index contributed by atoms with van der Waals surface area (Å²) in [6, 6.07) is 5.55. The second-order valence-electron chi connectivity index (χ2n) is 5.06. The van der Waals surface area contributed by atoms with Gasteiger partial charge in [0.2, 0.25) is 0 Å². The fourth-order valence-corrected chi connectivity index (χ4v) is 2.29. The third-order valence-electron chi connectivity index (χ3n) is 3.69. The average molecular weight is 283 g/mol. The zero-order chi connectivity index (χ0) is 15.0. The van der Waals surface area contributed by atoms with E-state index < -0.39 is 0 Å². The highest BCUT2D eigenvalue weighted by Gasteiger charge is 2.10. The van der Waals surface area contributed by atoms with Crippen molar-refractivity contribution in [2.24, 2.45) is 14.1 Å². The summed E-state index contributed by atoms with van der Waals surface area (Å²) < 4.78 is 3.89. The number of carbonyl (C=O) groups is 1. The lowest BCUT2D eigenvalue weighted by atomic mass is 10.2. The zero-order valence-corrected chi connectivity index (χ0v) is 12.3. The summed E-state index contributed by atoms with van der Waals surface area (Å²) in [5.41, 5.74) is 2.46. The lowest BCUT2D eigenvalue weighted by molar-refractivity contribution is 0.0949. The Morgan fingerprint density at radius 2 is 2.14 bits per heavy atom. The number of aromatic nitrogens is 4. The van der Waals surface area contributed by atoms with Crippen molar-refractivity contribution in [1.29, 1.82) is 0 Å². The van der Waals surface area contributed by atoms with E-state index in [0.29, 0.717) is 12.1 Å². The molecule has 0 fully saturated rings. The number of imidazole rings is 2. The third kappa shape index (κ3) is 2.40. The number of amides is 1. The summed E-state index contributed by atoms with van der Waals surface area (Å²) in [6.07, 6.45) is 3.56. The minimum absolute atomic E-state index is 0.122. The second kappa shape index (κ2) is 5.05. The minimum Gasteiger partial charge on any atom is -0.345 e. The van der Waals surface area contributed by atoms with Crippen LogP contribution in [0, 0.1) is 6.92 Å². The highest BCUT2D eigenvalue weighted by molar-refractivity contribution is 5.97. The van der Waals surface area contributed by atoms with Gasteiger partial charge in [-0.15, -0.1) is 0 Å². The maximum atomic E-state index is 12.2. The van der Waals surface area contributed by atoms with E-state index in [4.69, 9.17) is 0 Å². The van der Waals surface area contributed by atoms with Gasteiger partial charge in [-0.05, 0) is 25.1 Å². The Labute approximate surface area is 122 Å². The number of benzene rings is 1. The number of carbonyl (C=O) groups excluding carboxylic acids is 1. The van der Waals surface area contributed by atoms with Crippen LogP contribution in [0.4, 0.5) is 0 Å². The predicted molar refractivity (Wildman–Crippen MR) is 79.8 cm³/mol. The highest BCUT2D eigenvalue weighted by Crippen LogP contribution is 2.16. The first-order valence-corrected chi connectivity index (χ1v) is 6.74. The zero-order valence-electron chi connectivity index (χ0n) is 12.3. The van der Waals surface area contributed by atoms with E-state index in [2.05, 4.69) is 15.3 Å². The monoisotopic (exact) mass is 283 g/mol. The van der Waals surface area contributed by atoms with E-state index >= 15 is 0 Å². The molecule has 0 aliphatic heterocycles. The Bertz CT molecular complexity index is 815. The summed E-state index contributed by atoms with van der Waals surface area (Å²) >= 11 is 0. The fourth-order valence-electron chi connectivity index (χ4n) is 2.29. The van der Waals surface area contributed by atoms with E-state index in [1.54, 1.807) is 6.20 Å². The Morgan fingerprint density at radius 1 is 1.33 bits per heavy atom. The normalized spacial score (nSPS) is 11.0. The number of fused-ring (bicyclic) bond motifs is 1. The van der Waals surface area contributed by atoms with E-state index in [1.165, 1.54) is 0 Å². The average Bonchev–Trinajstić information content (AvgIpc) is 3.00. The predicted octanol–water partition coefficient (Wildman–Crippen LogP) is 1.55. The minimum atomic E-state index is -0.122. The van der Waals surface area contributed by atoms with Crippen molar-refractivity contribution in [3.8, 4) is 0 Å². The van der Waals surface area contributed by atoms with Crippen LogP contribution < -0.4 is 5.32 Å². The van der Waals surface area contributed by atoms with Crippen LogP contribution in [0.1, 0.15) is 22.0 Å². The van der Waals surface area contributed by atoms with E-state index in [0.717, 1.165) is 22.7 Å². The van der Waals surface area contributed by atoms with Gasteiger partial charge in [-0.1, -0.05) is 0 Å². The van der Waals surface area contributed by atoms with Crippen molar-refractivity contribution in [3.63, 3.8) is 0 Å². The fraction of sp³-hybridized carbons (Fsp3) is 0.267. The number of nitrogens with one attached hydrogen (secondary N) is 1. The quantitative estimate of drug-likeness (QED) is 0.793. The molecule has 0 unspecified atom stereocenters. The van der Waals surface area contributed by atoms with Gasteiger partial charge in [0.15, 0.2) is 0 Å². The molecule has 2 heterocycles. The first kappa shape index (κ1) is 13.4. The molecule has 3 rings (SSSR count). The molecular weight excluding hydrogens is 266 g/mol. The first-order valence-electron chi connectivity index (χ1n) is 6.74. The molecule has 108 valence electrons. The number of aryl methyl sites for hydroxylation is 3. The van der Waals surface area contributed by atoms with Crippen LogP contribution in [0.5, 0.6) is 0 Å². The van der Waals surface area contributed by atoms with Crippen LogP contribution in [0.3, 0.4) is 0 Å². The molecule has 1 N–H and O–H groups in total. The van der Waals surface area contributed by atoms with Crippen LogP contribution in [0.25, 0.3) is 11.0 Å². The maximum Gasteiger partial charge on any atom is 0.251 e. The number of nitrogens with zero attached hydrogens (tertiary/aromatic N) is 4. The molecule has 6 heteroatoms. The van der Waals surface area contributed by atoms with Crippen LogP contribution in [0.15, 0.2) is 30.6 Å². The number of hydrogen-bond donors (Lipinski definition) is 1. The Kier molecular flexibility index (Phi) is 3.21. The molecule has 0 radical (unpaired) electrons. The summed E-state index contributed by atoms with van der Waals surface area (Å²) in [4.78, 5) is 20.8. The van der Waals surface area contributed by atoms with Crippen molar-refractivity contribution >= 4 is 16.9 Å².